The Morgan fingerprint density at radius 1 is 1.07 bits per heavy atom. The first-order chi connectivity index (χ1) is 20.9. The number of carbonyl (C=O) groups excluding carboxylic acids is 2. The number of fused-ring (bicyclic) bond motifs is 1. The highest BCUT2D eigenvalue weighted by atomic mass is 35.5. The minimum atomic E-state index is -0.565. The Morgan fingerprint density at radius 2 is 1.81 bits per heavy atom. The van der Waals surface area contributed by atoms with Gasteiger partial charge in [-0.05, 0) is 48.4 Å². The molecule has 2 amide bonds. The first kappa shape index (κ1) is 28.9. The van der Waals surface area contributed by atoms with E-state index in [9.17, 15) is 9.59 Å². The van der Waals surface area contributed by atoms with Crippen LogP contribution in [-0.4, -0.2) is 59.1 Å². The number of aromatic nitrogens is 2. The molecule has 0 spiro atoms. The van der Waals surface area contributed by atoms with Crippen molar-refractivity contribution in [2.45, 2.75) is 13.0 Å². The maximum Gasteiger partial charge on any atom is 0.262 e. The lowest BCUT2D eigenvalue weighted by atomic mass is 10.0. The van der Waals surface area contributed by atoms with Crippen LogP contribution in [0.2, 0.25) is 5.02 Å². The van der Waals surface area contributed by atoms with Crippen molar-refractivity contribution in [2.24, 2.45) is 5.73 Å². The number of rotatable bonds is 9. The molecule has 1 atom stereocenters. The molecule has 1 fully saturated rings. The Labute approximate surface area is 257 Å². The largest absolute Gasteiger partial charge is 0.484 e. The summed E-state index contributed by atoms with van der Waals surface area (Å²) in [5.74, 6) is -0.206. The van der Waals surface area contributed by atoms with E-state index in [0.717, 1.165) is 51.5 Å². The summed E-state index contributed by atoms with van der Waals surface area (Å²) in [5.41, 5.74) is 10.9. The topological polar surface area (TPSA) is 112 Å². The first-order valence-corrected chi connectivity index (χ1v) is 15.1. The van der Waals surface area contributed by atoms with Gasteiger partial charge in [0.1, 0.15) is 28.1 Å². The van der Waals surface area contributed by atoms with Crippen molar-refractivity contribution < 1.29 is 19.1 Å². The summed E-state index contributed by atoms with van der Waals surface area (Å²) >= 11 is 7.60. The van der Waals surface area contributed by atoms with Crippen LogP contribution in [0.15, 0.2) is 79.1 Å². The number of ether oxygens (including phenoxy) is 2. The molecule has 9 nitrogen and oxygen atoms in total. The van der Waals surface area contributed by atoms with Gasteiger partial charge in [-0.3, -0.25) is 19.1 Å². The number of nitrogens with two attached hydrogens (primary N) is 1. The summed E-state index contributed by atoms with van der Waals surface area (Å²) in [5, 5.41) is 4.31. The fourth-order valence-electron chi connectivity index (χ4n) is 5.08. The number of imidazole rings is 1. The second kappa shape index (κ2) is 12.6. The molecular weight excluding hydrogens is 586 g/mol. The van der Waals surface area contributed by atoms with Crippen molar-refractivity contribution >= 4 is 51.5 Å². The number of thiophene rings is 1. The van der Waals surface area contributed by atoms with E-state index in [1.165, 1.54) is 11.3 Å². The first-order valence-electron chi connectivity index (χ1n) is 13.9. The van der Waals surface area contributed by atoms with Gasteiger partial charge in [0.25, 0.3) is 5.91 Å². The number of morpholine rings is 1. The van der Waals surface area contributed by atoms with Gasteiger partial charge in [-0.15, -0.1) is 11.3 Å². The Hall–Kier alpha value is -4.22. The lowest BCUT2D eigenvalue weighted by Crippen LogP contribution is -2.41. The molecule has 11 heteroatoms. The number of amides is 2. The van der Waals surface area contributed by atoms with Crippen molar-refractivity contribution in [3.8, 4) is 21.9 Å². The summed E-state index contributed by atoms with van der Waals surface area (Å²) in [7, 11) is 0. The lowest BCUT2D eigenvalue weighted by molar-refractivity contribution is -0.118. The summed E-state index contributed by atoms with van der Waals surface area (Å²) in [6.07, 6.45) is 1.33. The zero-order valence-corrected chi connectivity index (χ0v) is 25.0. The third kappa shape index (κ3) is 6.42. The molecule has 220 valence electrons. The van der Waals surface area contributed by atoms with Crippen LogP contribution in [-0.2, 0) is 9.53 Å². The molecule has 1 aliphatic heterocycles. The van der Waals surface area contributed by atoms with Gasteiger partial charge in [-0.1, -0.05) is 48.0 Å². The molecule has 5 aromatic rings. The van der Waals surface area contributed by atoms with Crippen LogP contribution in [0.5, 0.6) is 5.75 Å². The second-order valence-corrected chi connectivity index (χ2v) is 11.7. The highest BCUT2D eigenvalue weighted by Crippen LogP contribution is 2.37. The molecule has 0 saturated carbocycles. The maximum absolute atomic E-state index is 12.4. The second-order valence-electron chi connectivity index (χ2n) is 10.3. The Bertz CT molecular complexity index is 1780. The van der Waals surface area contributed by atoms with Crippen molar-refractivity contribution in [1.82, 2.24) is 14.5 Å². The van der Waals surface area contributed by atoms with E-state index in [-0.39, 0.29) is 12.0 Å². The molecule has 0 radical (unpaired) electrons. The van der Waals surface area contributed by atoms with E-state index in [0.29, 0.717) is 35.4 Å². The van der Waals surface area contributed by atoms with Crippen LogP contribution in [0, 0.1) is 0 Å². The van der Waals surface area contributed by atoms with Crippen LogP contribution >= 0.6 is 22.9 Å². The summed E-state index contributed by atoms with van der Waals surface area (Å²) in [4.78, 5) is 31.8. The number of anilines is 1. The Morgan fingerprint density at radius 3 is 2.56 bits per heavy atom. The molecular formula is C32H30ClN5O4S. The van der Waals surface area contributed by atoms with Crippen molar-refractivity contribution in [2.75, 3.05) is 38.2 Å². The highest BCUT2D eigenvalue weighted by Gasteiger charge is 2.21. The lowest BCUT2D eigenvalue weighted by Gasteiger charge is -2.25. The fourth-order valence-corrected chi connectivity index (χ4v) is 6.29. The SMILES string of the molecule is C[C@H](Oc1cc(-n2cnc3cc(-c4ccc(NC(=O)CN5CCOCC5)cc4)ccc32)sc1C(N)=O)c1ccccc1Cl. The number of carbonyl (C=O) groups is 2. The van der Waals surface area contributed by atoms with Crippen LogP contribution in [0.25, 0.3) is 27.2 Å². The van der Waals surface area contributed by atoms with Crippen LogP contribution < -0.4 is 15.8 Å². The van der Waals surface area contributed by atoms with Gasteiger partial charge in [-0.2, -0.15) is 0 Å². The molecule has 1 aliphatic rings. The monoisotopic (exact) mass is 615 g/mol. The van der Waals surface area contributed by atoms with E-state index in [1.54, 1.807) is 18.5 Å². The molecule has 43 heavy (non-hydrogen) atoms. The van der Waals surface area contributed by atoms with Crippen LogP contribution in [0.1, 0.15) is 28.3 Å². The van der Waals surface area contributed by atoms with Crippen molar-refractivity contribution in [3.63, 3.8) is 0 Å². The number of hydrogen-bond acceptors (Lipinski definition) is 7. The van der Waals surface area contributed by atoms with Gasteiger partial charge in [0.15, 0.2) is 0 Å². The quantitative estimate of drug-likeness (QED) is 0.213. The van der Waals surface area contributed by atoms with Gasteiger partial charge < -0.3 is 20.5 Å². The van der Waals surface area contributed by atoms with Crippen molar-refractivity contribution in [3.05, 3.63) is 94.6 Å². The van der Waals surface area contributed by atoms with Crippen LogP contribution in [0.3, 0.4) is 0 Å². The minimum absolute atomic E-state index is 0.0402. The molecule has 3 N–H and O–H groups in total. The average molecular weight is 616 g/mol. The standard InChI is InChI=1S/C32H30ClN5O4S/c1-20(24-4-2-3-5-25(24)33)42-28-17-30(43-31(28)32(34)40)38-19-35-26-16-22(8-11-27(26)38)21-6-9-23(10-7-21)36-29(39)18-37-12-14-41-15-13-37/h2-11,16-17,19-20H,12-15,18H2,1H3,(H2,34,40)(H,36,39)/t20-/m0/s1. The van der Waals surface area contributed by atoms with E-state index < -0.39 is 5.91 Å². The molecule has 3 aromatic carbocycles. The van der Waals surface area contributed by atoms with Gasteiger partial charge in [-0.25, -0.2) is 4.98 Å². The van der Waals surface area contributed by atoms with Gasteiger partial charge >= 0.3 is 0 Å². The van der Waals surface area contributed by atoms with Crippen LogP contribution in [0.4, 0.5) is 5.69 Å². The third-order valence-electron chi connectivity index (χ3n) is 7.31. The van der Waals surface area contributed by atoms with E-state index >= 15 is 0 Å². The number of hydrogen-bond donors (Lipinski definition) is 2. The molecule has 0 unspecified atom stereocenters. The normalized spacial score (nSPS) is 14.5. The summed E-state index contributed by atoms with van der Waals surface area (Å²) < 4.78 is 13.4. The molecule has 0 aliphatic carbocycles. The zero-order valence-electron chi connectivity index (χ0n) is 23.5. The number of nitrogens with one attached hydrogen (secondary N) is 1. The van der Waals surface area contributed by atoms with Gasteiger partial charge in [0, 0.05) is 35.4 Å². The molecule has 3 heterocycles. The summed E-state index contributed by atoms with van der Waals surface area (Å²) in [6, 6.07) is 23.0. The maximum atomic E-state index is 12.4. The van der Waals surface area contributed by atoms with E-state index in [4.69, 9.17) is 26.8 Å². The average Bonchev–Trinajstić information content (AvgIpc) is 3.62. The zero-order chi connectivity index (χ0) is 29.9. The molecule has 1 saturated heterocycles. The minimum Gasteiger partial charge on any atom is -0.484 e. The van der Waals surface area contributed by atoms with E-state index in [2.05, 4.69) is 15.2 Å². The van der Waals surface area contributed by atoms with E-state index in [1.807, 2.05) is 72.2 Å². The molecule has 0 bridgehead atoms. The smallest absolute Gasteiger partial charge is 0.262 e. The predicted octanol–water partition coefficient (Wildman–Crippen LogP) is 5.92. The van der Waals surface area contributed by atoms with Gasteiger partial charge in [0.05, 0.1) is 30.8 Å². The highest BCUT2D eigenvalue weighted by molar-refractivity contribution is 7.16. The number of nitrogens with zero attached hydrogens (tertiary/aromatic N) is 3. The summed E-state index contributed by atoms with van der Waals surface area (Å²) in [6.45, 7) is 5.08. The predicted molar refractivity (Wildman–Crippen MR) is 169 cm³/mol. The number of halogens is 1. The van der Waals surface area contributed by atoms with Crippen molar-refractivity contribution in [1.29, 1.82) is 0 Å². The molecule has 6 rings (SSSR count). The molecule has 2 aromatic heterocycles. The number of primary amides is 1. The Kier molecular flexibility index (Phi) is 8.44. The van der Waals surface area contributed by atoms with Gasteiger partial charge in [0.2, 0.25) is 5.91 Å². The fraction of sp³-hybridized carbons (Fsp3) is 0.219. The Balaban J connectivity index is 1.19. The number of benzene rings is 3. The third-order valence-corrected chi connectivity index (χ3v) is 8.79.